The standard InChI is InChI=1S/C11H6BrN3OS/c12-9-3-4-10(17-9)15-11(16)7-1-2-8(5-13)14-6-7/h1-4,6H,(H,15,16). The largest absolute Gasteiger partial charge is 0.313 e. The Bertz CT molecular complexity index is 586. The molecule has 0 fully saturated rings. The summed E-state index contributed by atoms with van der Waals surface area (Å²) in [5.41, 5.74) is 0.717. The first-order valence-electron chi connectivity index (χ1n) is 4.62. The minimum Gasteiger partial charge on any atom is -0.313 e. The fraction of sp³-hybridized carbons (Fsp3) is 0. The minimum atomic E-state index is -0.240. The van der Waals surface area contributed by atoms with Crippen LogP contribution in [0.4, 0.5) is 5.00 Å². The molecule has 84 valence electrons. The van der Waals surface area contributed by atoms with Gasteiger partial charge in [0.1, 0.15) is 11.8 Å². The molecule has 0 radical (unpaired) electrons. The summed E-state index contributed by atoms with van der Waals surface area (Å²) in [4.78, 5) is 15.6. The van der Waals surface area contributed by atoms with E-state index in [0.29, 0.717) is 11.3 Å². The Kier molecular flexibility index (Phi) is 3.52. The molecule has 6 heteroatoms. The second-order valence-corrected chi connectivity index (χ2v) is 5.56. The van der Waals surface area contributed by atoms with Crippen LogP contribution in [0.1, 0.15) is 16.1 Å². The van der Waals surface area contributed by atoms with Crippen molar-refractivity contribution in [2.75, 3.05) is 5.32 Å². The van der Waals surface area contributed by atoms with E-state index in [1.54, 1.807) is 6.07 Å². The van der Waals surface area contributed by atoms with Gasteiger partial charge in [-0.25, -0.2) is 4.98 Å². The average Bonchev–Trinajstić information content (AvgIpc) is 2.75. The van der Waals surface area contributed by atoms with Crippen LogP contribution < -0.4 is 5.32 Å². The van der Waals surface area contributed by atoms with Gasteiger partial charge < -0.3 is 5.32 Å². The van der Waals surface area contributed by atoms with E-state index in [4.69, 9.17) is 5.26 Å². The Morgan fingerprint density at radius 3 is 2.76 bits per heavy atom. The van der Waals surface area contributed by atoms with E-state index in [1.165, 1.54) is 23.6 Å². The molecule has 17 heavy (non-hydrogen) atoms. The molecule has 0 saturated heterocycles. The topological polar surface area (TPSA) is 65.8 Å². The Hall–Kier alpha value is -1.71. The van der Waals surface area contributed by atoms with Crippen molar-refractivity contribution in [3.8, 4) is 6.07 Å². The maximum absolute atomic E-state index is 11.8. The van der Waals surface area contributed by atoms with Gasteiger partial charge in [0, 0.05) is 6.20 Å². The molecular formula is C11H6BrN3OS. The van der Waals surface area contributed by atoms with Crippen LogP contribution in [0.3, 0.4) is 0 Å². The van der Waals surface area contributed by atoms with Crippen molar-refractivity contribution in [1.29, 1.82) is 5.26 Å². The monoisotopic (exact) mass is 307 g/mol. The molecular weight excluding hydrogens is 302 g/mol. The molecule has 4 nitrogen and oxygen atoms in total. The number of anilines is 1. The molecule has 1 N–H and O–H groups in total. The highest BCUT2D eigenvalue weighted by Gasteiger charge is 2.07. The van der Waals surface area contributed by atoms with Gasteiger partial charge in [-0.3, -0.25) is 4.79 Å². The summed E-state index contributed by atoms with van der Waals surface area (Å²) in [5, 5.41) is 12.1. The van der Waals surface area contributed by atoms with Crippen LogP contribution in [0.2, 0.25) is 0 Å². The quantitative estimate of drug-likeness (QED) is 0.927. The van der Waals surface area contributed by atoms with Gasteiger partial charge in [0.05, 0.1) is 14.4 Å². The normalized spacial score (nSPS) is 9.65. The predicted octanol–water partition coefficient (Wildman–Crippen LogP) is 3.03. The summed E-state index contributed by atoms with van der Waals surface area (Å²) in [7, 11) is 0. The van der Waals surface area contributed by atoms with Gasteiger partial charge >= 0.3 is 0 Å². The first kappa shape index (κ1) is 11.8. The van der Waals surface area contributed by atoms with Gasteiger partial charge in [-0.05, 0) is 40.2 Å². The van der Waals surface area contributed by atoms with Crippen molar-refractivity contribution >= 4 is 38.2 Å². The molecule has 2 rings (SSSR count). The van der Waals surface area contributed by atoms with Crippen molar-refractivity contribution < 1.29 is 4.79 Å². The molecule has 0 unspecified atom stereocenters. The average molecular weight is 308 g/mol. The van der Waals surface area contributed by atoms with Crippen LogP contribution in [0.25, 0.3) is 0 Å². The minimum absolute atomic E-state index is 0.240. The predicted molar refractivity (Wildman–Crippen MR) is 68.9 cm³/mol. The maximum atomic E-state index is 11.8. The van der Waals surface area contributed by atoms with Crippen molar-refractivity contribution in [2.45, 2.75) is 0 Å². The van der Waals surface area contributed by atoms with Crippen molar-refractivity contribution in [1.82, 2.24) is 4.98 Å². The molecule has 0 aromatic carbocycles. The molecule has 0 aliphatic heterocycles. The maximum Gasteiger partial charge on any atom is 0.257 e. The molecule has 1 amide bonds. The smallest absolute Gasteiger partial charge is 0.257 e. The zero-order valence-electron chi connectivity index (χ0n) is 8.48. The van der Waals surface area contributed by atoms with Gasteiger partial charge in [-0.15, -0.1) is 11.3 Å². The number of carbonyl (C=O) groups is 1. The van der Waals surface area contributed by atoms with E-state index in [1.807, 2.05) is 18.2 Å². The third-order valence-electron chi connectivity index (χ3n) is 1.95. The van der Waals surface area contributed by atoms with Crippen molar-refractivity contribution in [2.24, 2.45) is 0 Å². The first-order valence-corrected chi connectivity index (χ1v) is 6.23. The fourth-order valence-electron chi connectivity index (χ4n) is 1.16. The number of nitrogens with zero attached hydrogens (tertiary/aromatic N) is 2. The van der Waals surface area contributed by atoms with E-state index >= 15 is 0 Å². The highest BCUT2D eigenvalue weighted by atomic mass is 79.9. The Labute approximate surface area is 110 Å². The lowest BCUT2D eigenvalue weighted by Gasteiger charge is -2.01. The summed E-state index contributed by atoms with van der Waals surface area (Å²) < 4.78 is 0.950. The molecule has 2 aromatic heterocycles. The van der Waals surface area contributed by atoms with Crippen molar-refractivity contribution in [3.63, 3.8) is 0 Å². The summed E-state index contributed by atoms with van der Waals surface area (Å²) in [6.45, 7) is 0. The molecule has 0 atom stereocenters. The van der Waals surface area contributed by atoms with E-state index in [2.05, 4.69) is 26.2 Å². The van der Waals surface area contributed by atoms with E-state index in [-0.39, 0.29) is 5.91 Å². The van der Waals surface area contributed by atoms with Crippen LogP contribution in [-0.2, 0) is 0 Å². The van der Waals surface area contributed by atoms with Crippen LogP contribution in [0.15, 0.2) is 34.2 Å². The zero-order chi connectivity index (χ0) is 12.3. The Morgan fingerprint density at radius 2 is 2.24 bits per heavy atom. The van der Waals surface area contributed by atoms with Gasteiger partial charge in [-0.2, -0.15) is 5.26 Å². The van der Waals surface area contributed by atoms with Gasteiger partial charge in [0.15, 0.2) is 0 Å². The van der Waals surface area contributed by atoms with Crippen molar-refractivity contribution in [3.05, 3.63) is 45.5 Å². The number of carbonyl (C=O) groups excluding carboxylic acids is 1. The molecule has 0 saturated carbocycles. The third-order valence-corrected chi connectivity index (χ3v) is 3.49. The van der Waals surface area contributed by atoms with Crippen LogP contribution in [0.5, 0.6) is 0 Å². The van der Waals surface area contributed by atoms with E-state index < -0.39 is 0 Å². The van der Waals surface area contributed by atoms with Crippen LogP contribution >= 0.6 is 27.3 Å². The molecule has 2 aromatic rings. The number of aromatic nitrogens is 1. The van der Waals surface area contributed by atoms with E-state index in [9.17, 15) is 4.79 Å². The zero-order valence-corrected chi connectivity index (χ0v) is 10.9. The second-order valence-electron chi connectivity index (χ2n) is 3.10. The first-order chi connectivity index (χ1) is 8.19. The number of hydrogen-bond acceptors (Lipinski definition) is 4. The summed E-state index contributed by atoms with van der Waals surface area (Å²) in [6.07, 6.45) is 1.39. The molecule has 0 spiro atoms. The van der Waals surface area contributed by atoms with E-state index in [0.717, 1.165) is 8.79 Å². The molecule has 0 bridgehead atoms. The highest BCUT2D eigenvalue weighted by molar-refractivity contribution is 9.11. The molecule has 2 heterocycles. The SMILES string of the molecule is N#Cc1ccc(C(=O)Nc2ccc(Br)s2)cn1. The van der Waals surface area contributed by atoms with Gasteiger partial charge in [-0.1, -0.05) is 0 Å². The summed E-state index contributed by atoms with van der Waals surface area (Å²) in [6, 6.07) is 8.65. The Balaban J connectivity index is 2.12. The third kappa shape index (κ3) is 2.90. The number of nitrogens with one attached hydrogen (secondary N) is 1. The number of pyridine rings is 1. The molecule has 0 aliphatic rings. The number of nitriles is 1. The lowest BCUT2D eigenvalue weighted by atomic mass is 10.2. The summed E-state index contributed by atoms with van der Waals surface area (Å²) in [5.74, 6) is -0.240. The fourth-order valence-corrected chi connectivity index (χ4v) is 2.44. The number of amides is 1. The number of thiophene rings is 1. The lowest BCUT2D eigenvalue weighted by molar-refractivity contribution is 0.102. The highest BCUT2D eigenvalue weighted by Crippen LogP contribution is 2.26. The lowest BCUT2D eigenvalue weighted by Crippen LogP contribution is -2.11. The van der Waals surface area contributed by atoms with Gasteiger partial charge in [0.25, 0.3) is 5.91 Å². The number of halogens is 1. The van der Waals surface area contributed by atoms with Gasteiger partial charge in [0.2, 0.25) is 0 Å². The summed E-state index contributed by atoms with van der Waals surface area (Å²) >= 11 is 4.75. The number of rotatable bonds is 2. The van der Waals surface area contributed by atoms with Crippen LogP contribution in [0, 0.1) is 11.3 Å². The number of hydrogen-bond donors (Lipinski definition) is 1. The molecule has 0 aliphatic carbocycles. The second kappa shape index (κ2) is 5.08. The van der Waals surface area contributed by atoms with Crippen LogP contribution in [-0.4, -0.2) is 10.9 Å². The Morgan fingerprint density at radius 1 is 1.41 bits per heavy atom.